The van der Waals surface area contributed by atoms with E-state index in [1.54, 1.807) is 0 Å². The van der Waals surface area contributed by atoms with Crippen molar-refractivity contribution in [2.24, 2.45) is 0 Å². The fraction of sp³-hybridized carbons (Fsp3) is 0.385. The first-order valence-electron chi connectivity index (χ1n) is 5.23. The van der Waals surface area contributed by atoms with Gasteiger partial charge in [-0.1, -0.05) is 0 Å². The summed E-state index contributed by atoms with van der Waals surface area (Å²) >= 11 is 0. The molecule has 0 aliphatic carbocycles. The van der Waals surface area contributed by atoms with Gasteiger partial charge in [-0.3, -0.25) is 0 Å². The highest BCUT2D eigenvalue weighted by atomic mass is 16.5. The molecule has 1 aromatic rings. The average molecular weight is 203 g/mol. The smallest absolute Gasteiger partial charge is 0.119 e. The van der Waals surface area contributed by atoms with Gasteiger partial charge in [0.25, 0.3) is 0 Å². The molecule has 0 saturated carbocycles. The lowest BCUT2D eigenvalue weighted by molar-refractivity contribution is 0.340. The summed E-state index contributed by atoms with van der Waals surface area (Å²) in [6.07, 6.45) is 0.879. The Kier molecular flexibility index (Phi) is 5.18. The zero-order valence-electron chi connectivity index (χ0n) is 9.34. The molecule has 0 unspecified atom stereocenters. The van der Waals surface area contributed by atoms with Crippen LogP contribution in [0.3, 0.4) is 0 Å². The number of hydrogen-bond donors (Lipinski definition) is 1. The molecule has 0 amide bonds. The van der Waals surface area contributed by atoms with Crippen LogP contribution in [0.5, 0.6) is 5.75 Å². The molecule has 0 aliphatic heterocycles. The SMILES string of the molecule is CC#CCCNc1ccc(OCC)cc1. The first-order chi connectivity index (χ1) is 7.36. The summed E-state index contributed by atoms with van der Waals surface area (Å²) in [6, 6.07) is 7.98. The molecule has 0 heterocycles. The Bertz CT molecular complexity index is 332. The minimum absolute atomic E-state index is 0.707. The van der Waals surface area contributed by atoms with E-state index in [0.717, 1.165) is 24.4 Å². The van der Waals surface area contributed by atoms with E-state index in [4.69, 9.17) is 4.74 Å². The lowest BCUT2D eigenvalue weighted by atomic mass is 10.3. The topological polar surface area (TPSA) is 21.3 Å². The van der Waals surface area contributed by atoms with Gasteiger partial charge in [-0.05, 0) is 38.1 Å². The van der Waals surface area contributed by atoms with E-state index >= 15 is 0 Å². The van der Waals surface area contributed by atoms with E-state index in [1.165, 1.54) is 0 Å². The van der Waals surface area contributed by atoms with Crippen LogP contribution in [0.2, 0.25) is 0 Å². The predicted octanol–water partition coefficient (Wildman–Crippen LogP) is 2.91. The van der Waals surface area contributed by atoms with Crippen molar-refractivity contribution >= 4 is 5.69 Å². The van der Waals surface area contributed by atoms with Gasteiger partial charge in [-0.25, -0.2) is 0 Å². The van der Waals surface area contributed by atoms with Crippen molar-refractivity contribution in [2.75, 3.05) is 18.5 Å². The van der Waals surface area contributed by atoms with Crippen molar-refractivity contribution in [1.82, 2.24) is 0 Å². The molecule has 0 fully saturated rings. The Labute approximate surface area is 91.6 Å². The normalized spacial score (nSPS) is 8.93. The van der Waals surface area contributed by atoms with Gasteiger partial charge in [0.1, 0.15) is 5.75 Å². The van der Waals surface area contributed by atoms with Crippen LogP contribution in [-0.4, -0.2) is 13.2 Å². The van der Waals surface area contributed by atoms with E-state index < -0.39 is 0 Å². The molecule has 0 aliphatic rings. The van der Waals surface area contributed by atoms with Crippen molar-refractivity contribution in [2.45, 2.75) is 20.3 Å². The van der Waals surface area contributed by atoms with Gasteiger partial charge < -0.3 is 10.1 Å². The minimum atomic E-state index is 0.707. The highest BCUT2D eigenvalue weighted by molar-refractivity contribution is 5.46. The fourth-order valence-corrected chi connectivity index (χ4v) is 1.23. The molecule has 1 aromatic carbocycles. The Morgan fingerprint density at radius 3 is 2.60 bits per heavy atom. The van der Waals surface area contributed by atoms with Crippen molar-refractivity contribution < 1.29 is 4.74 Å². The van der Waals surface area contributed by atoms with Gasteiger partial charge in [-0.2, -0.15) is 0 Å². The van der Waals surface area contributed by atoms with Crippen molar-refractivity contribution in [3.8, 4) is 17.6 Å². The largest absolute Gasteiger partial charge is 0.494 e. The van der Waals surface area contributed by atoms with E-state index in [-0.39, 0.29) is 0 Å². The van der Waals surface area contributed by atoms with E-state index in [0.29, 0.717) is 6.61 Å². The quantitative estimate of drug-likeness (QED) is 0.587. The molecular formula is C13H17NO. The van der Waals surface area contributed by atoms with Crippen LogP contribution in [0.4, 0.5) is 5.69 Å². The van der Waals surface area contributed by atoms with Gasteiger partial charge in [-0.15, -0.1) is 11.8 Å². The molecule has 80 valence electrons. The lowest BCUT2D eigenvalue weighted by Crippen LogP contribution is -2.00. The van der Waals surface area contributed by atoms with Crippen LogP contribution < -0.4 is 10.1 Å². The van der Waals surface area contributed by atoms with Gasteiger partial charge in [0.2, 0.25) is 0 Å². The number of benzene rings is 1. The summed E-state index contributed by atoms with van der Waals surface area (Å²) in [5.41, 5.74) is 1.11. The molecule has 1 rings (SSSR count). The molecule has 0 spiro atoms. The van der Waals surface area contributed by atoms with Gasteiger partial charge in [0.05, 0.1) is 6.61 Å². The van der Waals surface area contributed by atoms with E-state index in [9.17, 15) is 0 Å². The molecule has 2 heteroatoms. The molecule has 0 aromatic heterocycles. The van der Waals surface area contributed by atoms with Crippen molar-refractivity contribution in [3.05, 3.63) is 24.3 Å². The van der Waals surface area contributed by atoms with E-state index in [2.05, 4.69) is 17.2 Å². The molecule has 0 saturated heterocycles. The molecule has 2 nitrogen and oxygen atoms in total. The number of ether oxygens (including phenoxy) is 1. The Morgan fingerprint density at radius 1 is 1.27 bits per heavy atom. The first kappa shape index (κ1) is 11.5. The summed E-state index contributed by atoms with van der Waals surface area (Å²) in [6.45, 7) is 5.43. The second-order valence-electron chi connectivity index (χ2n) is 3.06. The predicted molar refractivity (Wildman–Crippen MR) is 64.2 cm³/mol. The third-order valence-electron chi connectivity index (χ3n) is 1.92. The second-order valence-corrected chi connectivity index (χ2v) is 3.06. The van der Waals surface area contributed by atoms with Crippen molar-refractivity contribution in [3.63, 3.8) is 0 Å². The molecule has 0 atom stereocenters. The van der Waals surface area contributed by atoms with Crippen LogP contribution in [0.15, 0.2) is 24.3 Å². The maximum Gasteiger partial charge on any atom is 0.119 e. The van der Waals surface area contributed by atoms with E-state index in [1.807, 2.05) is 38.1 Å². The fourth-order valence-electron chi connectivity index (χ4n) is 1.23. The second kappa shape index (κ2) is 6.78. The highest BCUT2D eigenvalue weighted by Gasteiger charge is 1.92. The van der Waals surface area contributed by atoms with Gasteiger partial charge >= 0.3 is 0 Å². The first-order valence-corrected chi connectivity index (χ1v) is 5.23. The highest BCUT2D eigenvalue weighted by Crippen LogP contribution is 2.15. The summed E-state index contributed by atoms with van der Waals surface area (Å²) in [5.74, 6) is 6.80. The summed E-state index contributed by atoms with van der Waals surface area (Å²) in [5, 5.41) is 3.29. The standard InChI is InChI=1S/C13H17NO/c1-3-5-6-11-14-12-7-9-13(10-8-12)15-4-2/h7-10,14H,4,6,11H2,1-2H3. The number of rotatable bonds is 5. The summed E-state index contributed by atoms with van der Waals surface area (Å²) in [4.78, 5) is 0. The average Bonchev–Trinajstić information content (AvgIpc) is 2.27. The molecule has 1 N–H and O–H groups in total. The molecular weight excluding hydrogens is 186 g/mol. The lowest BCUT2D eigenvalue weighted by Gasteiger charge is -2.06. The van der Waals surface area contributed by atoms with Crippen LogP contribution in [-0.2, 0) is 0 Å². The molecule has 0 bridgehead atoms. The number of hydrogen-bond acceptors (Lipinski definition) is 2. The van der Waals surface area contributed by atoms with Crippen molar-refractivity contribution in [1.29, 1.82) is 0 Å². The van der Waals surface area contributed by atoms with Crippen LogP contribution in [0, 0.1) is 11.8 Å². The van der Waals surface area contributed by atoms with Crippen LogP contribution in [0.25, 0.3) is 0 Å². The zero-order valence-corrected chi connectivity index (χ0v) is 9.34. The number of anilines is 1. The minimum Gasteiger partial charge on any atom is -0.494 e. The Morgan fingerprint density at radius 2 is 2.00 bits per heavy atom. The molecule has 15 heavy (non-hydrogen) atoms. The van der Waals surface area contributed by atoms with Gasteiger partial charge in [0.15, 0.2) is 0 Å². The third-order valence-corrected chi connectivity index (χ3v) is 1.92. The number of nitrogens with one attached hydrogen (secondary N) is 1. The van der Waals surface area contributed by atoms with Crippen LogP contribution >= 0.6 is 0 Å². The summed E-state index contributed by atoms with van der Waals surface area (Å²) < 4.78 is 5.35. The Balaban J connectivity index is 2.38. The Hall–Kier alpha value is -1.62. The van der Waals surface area contributed by atoms with Crippen LogP contribution in [0.1, 0.15) is 20.3 Å². The maximum absolute atomic E-state index is 5.35. The third kappa shape index (κ3) is 4.42. The molecule has 0 radical (unpaired) electrons. The summed E-state index contributed by atoms with van der Waals surface area (Å²) in [7, 11) is 0. The monoisotopic (exact) mass is 203 g/mol. The maximum atomic E-state index is 5.35. The zero-order chi connectivity index (χ0) is 10.9. The van der Waals surface area contributed by atoms with Gasteiger partial charge in [0, 0.05) is 18.7 Å².